The Kier molecular flexibility index (Phi) is 8.38. The van der Waals surface area contributed by atoms with Crippen molar-refractivity contribution in [3.05, 3.63) is 59.8 Å². The van der Waals surface area contributed by atoms with E-state index in [0.717, 1.165) is 19.3 Å². The van der Waals surface area contributed by atoms with Crippen LogP contribution in [0, 0.1) is 17.7 Å². The Bertz CT molecular complexity index is 1730. The summed E-state index contributed by atoms with van der Waals surface area (Å²) in [5.41, 5.74) is 1.03. The fraction of sp³-hybridized carbons (Fsp3) is 0.528. The van der Waals surface area contributed by atoms with E-state index in [0.29, 0.717) is 22.2 Å². The summed E-state index contributed by atoms with van der Waals surface area (Å²) in [6.45, 7) is 13.6. The van der Waals surface area contributed by atoms with Crippen molar-refractivity contribution in [2.75, 3.05) is 13.1 Å². The van der Waals surface area contributed by atoms with Gasteiger partial charge in [0.05, 0.1) is 28.9 Å². The highest BCUT2D eigenvalue weighted by Crippen LogP contribution is 2.44. The maximum absolute atomic E-state index is 14.6. The number of hydrogen-bond donors (Lipinski definition) is 0. The lowest BCUT2D eigenvalue weighted by atomic mass is 9.88. The summed E-state index contributed by atoms with van der Waals surface area (Å²) in [7, 11) is 0. The molecule has 2 saturated heterocycles. The van der Waals surface area contributed by atoms with Gasteiger partial charge in [-0.25, -0.2) is 9.18 Å². The van der Waals surface area contributed by atoms with Crippen molar-refractivity contribution in [1.29, 1.82) is 0 Å². The van der Waals surface area contributed by atoms with Crippen LogP contribution in [0.1, 0.15) is 88.4 Å². The minimum absolute atomic E-state index is 0.00127. The molecule has 47 heavy (non-hydrogen) atoms. The molecule has 1 aromatic carbocycles. The number of Topliss-reactive ketones (excluding diaryl/α,β-unsaturated/α-hetero) is 1. The Balaban J connectivity index is 1.25. The minimum atomic E-state index is -0.667. The third kappa shape index (κ3) is 5.89. The Hall–Kier alpha value is -4.28. The average molecular weight is 646 g/mol. The maximum atomic E-state index is 14.6. The van der Waals surface area contributed by atoms with Crippen molar-refractivity contribution in [2.45, 2.75) is 97.5 Å². The lowest BCUT2D eigenvalue weighted by Crippen LogP contribution is -2.61. The van der Waals surface area contributed by atoms with E-state index < -0.39 is 29.5 Å². The Morgan fingerprint density at radius 3 is 2.36 bits per heavy atom. The van der Waals surface area contributed by atoms with Crippen LogP contribution in [0.5, 0.6) is 0 Å². The van der Waals surface area contributed by atoms with Crippen molar-refractivity contribution in [3.63, 3.8) is 0 Å². The van der Waals surface area contributed by atoms with Gasteiger partial charge < -0.3 is 19.1 Å². The lowest BCUT2D eigenvalue weighted by molar-refractivity contribution is -0.143. The van der Waals surface area contributed by atoms with Gasteiger partial charge in [-0.1, -0.05) is 0 Å². The second kappa shape index (κ2) is 12.1. The molecule has 2 aliphatic heterocycles. The molecule has 6 rings (SSSR count). The summed E-state index contributed by atoms with van der Waals surface area (Å²) in [6.07, 6.45) is 7.02. The first-order valence-corrected chi connectivity index (χ1v) is 16.6. The molecule has 1 saturated carbocycles. The predicted molar refractivity (Wildman–Crippen MR) is 175 cm³/mol. The van der Waals surface area contributed by atoms with Crippen LogP contribution in [-0.2, 0) is 9.53 Å². The van der Waals surface area contributed by atoms with Crippen molar-refractivity contribution in [3.8, 4) is 5.69 Å². The van der Waals surface area contributed by atoms with Gasteiger partial charge in [-0.05, 0) is 97.9 Å². The molecule has 3 aromatic rings. The van der Waals surface area contributed by atoms with E-state index in [1.807, 2.05) is 48.5 Å². The van der Waals surface area contributed by atoms with Crippen LogP contribution in [0.25, 0.3) is 16.6 Å². The fourth-order valence-corrected chi connectivity index (χ4v) is 7.68. The van der Waals surface area contributed by atoms with Crippen molar-refractivity contribution < 1.29 is 28.3 Å². The van der Waals surface area contributed by atoms with E-state index in [4.69, 9.17) is 4.74 Å². The van der Waals surface area contributed by atoms with Gasteiger partial charge in [-0.2, -0.15) is 0 Å². The van der Waals surface area contributed by atoms with Gasteiger partial charge in [-0.3, -0.25) is 24.3 Å². The quantitative estimate of drug-likeness (QED) is 0.299. The minimum Gasteiger partial charge on any atom is -0.444 e. The molecule has 3 fully saturated rings. The number of ketones is 1. The van der Waals surface area contributed by atoms with E-state index in [1.165, 1.54) is 12.1 Å². The highest BCUT2D eigenvalue weighted by atomic mass is 19.1. The number of aromatic nitrogens is 2. The second-order valence-electron chi connectivity index (χ2n) is 14.7. The molecule has 0 spiro atoms. The Morgan fingerprint density at radius 1 is 1.00 bits per heavy atom. The average Bonchev–Trinajstić information content (AvgIpc) is 3.68. The first-order chi connectivity index (χ1) is 22.2. The molecule has 3 amide bonds. The summed E-state index contributed by atoms with van der Waals surface area (Å²) in [6, 6.07) is 5.06. The summed E-state index contributed by atoms with van der Waals surface area (Å²) >= 11 is 0. The zero-order valence-electron chi connectivity index (χ0n) is 28.2. The van der Waals surface area contributed by atoms with Crippen molar-refractivity contribution >= 4 is 34.6 Å². The van der Waals surface area contributed by atoms with Gasteiger partial charge in [-0.15, -0.1) is 0 Å². The van der Waals surface area contributed by atoms with Gasteiger partial charge in [0, 0.05) is 54.6 Å². The maximum Gasteiger partial charge on any atom is 0.411 e. The van der Waals surface area contributed by atoms with Crippen LogP contribution in [0.15, 0.2) is 42.9 Å². The number of carbonyl (C=O) groups excluding carboxylic acids is 4. The van der Waals surface area contributed by atoms with Crippen LogP contribution in [-0.4, -0.2) is 90.8 Å². The molecule has 4 heterocycles. The van der Waals surface area contributed by atoms with Gasteiger partial charge >= 0.3 is 6.09 Å². The third-order valence-electron chi connectivity index (χ3n) is 9.68. The van der Waals surface area contributed by atoms with Crippen LogP contribution >= 0.6 is 0 Å². The number of amides is 3. The first kappa shape index (κ1) is 32.7. The van der Waals surface area contributed by atoms with Gasteiger partial charge in [0.15, 0.2) is 5.78 Å². The summed E-state index contributed by atoms with van der Waals surface area (Å²) in [4.78, 5) is 64.0. The number of benzene rings is 1. The first-order valence-electron chi connectivity index (χ1n) is 16.6. The van der Waals surface area contributed by atoms with E-state index in [-0.39, 0.29) is 60.3 Å². The van der Waals surface area contributed by atoms with E-state index in [2.05, 4.69) is 4.98 Å². The van der Waals surface area contributed by atoms with E-state index >= 15 is 0 Å². The summed E-state index contributed by atoms with van der Waals surface area (Å²) < 4.78 is 22.0. The molecule has 0 radical (unpaired) electrons. The number of piperidine rings is 1. The third-order valence-corrected chi connectivity index (χ3v) is 9.68. The number of likely N-dealkylation sites (tertiary alicyclic amines) is 2. The Morgan fingerprint density at radius 2 is 1.70 bits per heavy atom. The highest BCUT2D eigenvalue weighted by Gasteiger charge is 2.54. The number of halogens is 1. The van der Waals surface area contributed by atoms with Crippen LogP contribution < -0.4 is 0 Å². The van der Waals surface area contributed by atoms with Crippen LogP contribution in [0.4, 0.5) is 9.18 Å². The normalized spacial score (nSPS) is 21.1. The van der Waals surface area contributed by atoms with Crippen LogP contribution in [0.3, 0.4) is 0 Å². The summed E-state index contributed by atoms with van der Waals surface area (Å²) in [5.74, 6) is -1.43. The smallest absolute Gasteiger partial charge is 0.411 e. The largest absolute Gasteiger partial charge is 0.444 e. The molecule has 3 atom stereocenters. The van der Waals surface area contributed by atoms with Gasteiger partial charge in [0.25, 0.3) is 5.91 Å². The monoisotopic (exact) mass is 645 g/mol. The number of pyridine rings is 1. The molecule has 250 valence electrons. The molecule has 3 aliphatic rings. The molecule has 2 aromatic heterocycles. The number of nitrogens with zero attached hydrogens (tertiary/aromatic N) is 5. The van der Waals surface area contributed by atoms with Gasteiger partial charge in [0.1, 0.15) is 17.5 Å². The van der Waals surface area contributed by atoms with Crippen molar-refractivity contribution in [2.24, 2.45) is 11.8 Å². The lowest BCUT2D eigenvalue weighted by Gasteiger charge is -2.43. The molecule has 2 bridgehead atoms. The molecule has 1 aliphatic carbocycles. The number of rotatable bonds is 7. The number of carbonyl (C=O) groups is 4. The highest BCUT2D eigenvalue weighted by molar-refractivity contribution is 6.10. The predicted octanol–water partition coefficient (Wildman–Crippen LogP) is 5.85. The van der Waals surface area contributed by atoms with Crippen LogP contribution in [0.2, 0.25) is 0 Å². The topological polar surface area (TPSA) is 105 Å². The zero-order chi connectivity index (χ0) is 33.9. The van der Waals surface area contributed by atoms with E-state index in [9.17, 15) is 23.6 Å². The molecule has 11 heteroatoms. The number of ether oxygens (including phenoxy) is 1. The molecule has 0 unspecified atom stereocenters. The zero-order valence-corrected chi connectivity index (χ0v) is 28.2. The molecular weight excluding hydrogens is 601 g/mol. The van der Waals surface area contributed by atoms with Gasteiger partial charge in [0.2, 0.25) is 5.91 Å². The standard InChI is InChI=1S/C36H44FN5O5/c1-20(2)41(21(3)4)33(44)27-15-24(37)9-11-29(27)40-19-28(26-12-13-38-16-30(26)40)32(43)23-17-39(18-23)34(45)31-22-8-10-25(14-22)42(31)35(46)47-36(5,6)7/h9,11-13,15-16,19-23,25,31H,8,10,14,17-18H2,1-7H3/t22-,25+,31-/m0/s1. The molecule has 10 nitrogen and oxygen atoms in total. The second-order valence-corrected chi connectivity index (χ2v) is 14.7. The number of fused-ring (bicyclic) bond motifs is 3. The van der Waals surface area contributed by atoms with E-state index in [1.54, 1.807) is 50.0 Å². The number of hydrogen-bond acceptors (Lipinski definition) is 6. The fourth-order valence-electron chi connectivity index (χ4n) is 7.68. The summed E-state index contributed by atoms with van der Waals surface area (Å²) in [5, 5.41) is 0.659. The molecular formula is C36H44FN5O5. The Labute approximate surface area is 274 Å². The molecule has 0 N–H and O–H groups in total. The SMILES string of the molecule is CC(C)N(C(=O)c1cc(F)ccc1-n1cc(C(=O)C2CN(C(=O)[C@@H]3[C@H]4CC[C@H](C4)N3C(=O)OC(C)(C)C)C2)c2ccncc21)C(C)C. The van der Waals surface area contributed by atoms with Crippen molar-refractivity contribution in [1.82, 2.24) is 24.3 Å².